The molecule has 28 heavy (non-hydrogen) atoms. The molecule has 148 valence electrons. The van der Waals surface area contributed by atoms with Gasteiger partial charge in [-0.25, -0.2) is 4.79 Å². The largest absolute Gasteiger partial charge is 0.338 e. The fraction of sp³-hybridized carbons (Fsp3) is 0.333. The quantitative estimate of drug-likeness (QED) is 0.786. The van der Waals surface area contributed by atoms with E-state index in [1.165, 1.54) is 0 Å². The summed E-state index contributed by atoms with van der Waals surface area (Å²) in [6.07, 6.45) is 0. The van der Waals surface area contributed by atoms with Crippen molar-refractivity contribution in [2.24, 2.45) is 0 Å². The Labute approximate surface area is 175 Å². The van der Waals surface area contributed by atoms with Crippen molar-refractivity contribution < 1.29 is 9.59 Å². The molecule has 5 nitrogen and oxygen atoms in total. The third-order valence-corrected chi connectivity index (χ3v) is 5.62. The van der Waals surface area contributed by atoms with E-state index in [1.807, 2.05) is 49.1 Å². The van der Waals surface area contributed by atoms with Crippen LogP contribution in [-0.4, -0.2) is 47.9 Å². The van der Waals surface area contributed by atoms with Gasteiger partial charge < -0.3 is 15.1 Å². The minimum atomic E-state index is -0.611. The maximum absolute atomic E-state index is 13.0. The lowest BCUT2D eigenvalue weighted by molar-refractivity contribution is -0.137. The molecule has 7 heteroatoms. The number of hydrogen-bond donors (Lipinski definition) is 1. The highest BCUT2D eigenvalue weighted by Gasteiger charge is 2.35. The Morgan fingerprint density at radius 3 is 2.18 bits per heavy atom. The van der Waals surface area contributed by atoms with Crippen LogP contribution in [-0.2, 0) is 10.2 Å². The van der Waals surface area contributed by atoms with Crippen molar-refractivity contribution >= 4 is 40.8 Å². The Kier molecular flexibility index (Phi) is 6.16. The Bertz CT molecular complexity index is 863. The van der Waals surface area contributed by atoms with Crippen molar-refractivity contribution in [3.8, 4) is 0 Å². The molecule has 3 rings (SSSR count). The Morgan fingerprint density at radius 1 is 0.929 bits per heavy atom. The van der Waals surface area contributed by atoms with Gasteiger partial charge in [0.2, 0.25) is 5.91 Å². The van der Waals surface area contributed by atoms with Crippen LogP contribution in [0.25, 0.3) is 0 Å². The highest BCUT2D eigenvalue weighted by Crippen LogP contribution is 2.27. The average Bonchev–Trinajstić information content (AvgIpc) is 2.71. The number of nitrogens with one attached hydrogen (secondary N) is 1. The number of piperazine rings is 1. The number of hydrogen-bond acceptors (Lipinski definition) is 2. The smallest absolute Gasteiger partial charge is 0.322 e. The van der Waals surface area contributed by atoms with Gasteiger partial charge in [0.25, 0.3) is 0 Å². The van der Waals surface area contributed by atoms with Crippen LogP contribution < -0.4 is 5.32 Å². The minimum Gasteiger partial charge on any atom is -0.338 e. The zero-order valence-electron chi connectivity index (χ0n) is 15.9. The first-order valence-electron chi connectivity index (χ1n) is 9.15. The summed E-state index contributed by atoms with van der Waals surface area (Å²) in [5.41, 5.74) is 0.846. The van der Waals surface area contributed by atoms with Crippen molar-refractivity contribution in [1.82, 2.24) is 9.80 Å². The molecule has 1 aliphatic rings. The Morgan fingerprint density at radius 2 is 1.54 bits per heavy atom. The van der Waals surface area contributed by atoms with Gasteiger partial charge in [-0.15, -0.1) is 0 Å². The van der Waals surface area contributed by atoms with Crippen molar-refractivity contribution in [3.63, 3.8) is 0 Å². The Hall–Kier alpha value is -2.24. The molecule has 0 aliphatic carbocycles. The summed E-state index contributed by atoms with van der Waals surface area (Å²) in [5.74, 6) is 0.0663. The zero-order valence-corrected chi connectivity index (χ0v) is 17.4. The highest BCUT2D eigenvalue weighted by atomic mass is 35.5. The molecule has 1 saturated heterocycles. The van der Waals surface area contributed by atoms with Crippen LogP contribution in [0.2, 0.25) is 10.0 Å². The lowest BCUT2D eigenvalue weighted by Gasteiger charge is -2.38. The summed E-state index contributed by atoms with van der Waals surface area (Å²) >= 11 is 12.1. The molecule has 1 fully saturated rings. The number of halogens is 2. The second kappa shape index (κ2) is 8.41. The van der Waals surface area contributed by atoms with Crippen LogP contribution in [0.15, 0.2) is 48.5 Å². The second-order valence-electron chi connectivity index (χ2n) is 7.32. The topological polar surface area (TPSA) is 52.7 Å². The number of anilines is 1. The van der Waals surface area contributed by atoms with Crippen molar-refractivity contribution in [1.29, 1.82) is 0 Å². The third-order valence-electron chi connectivity index (χ3n) is 5.05. The third kappa shape index (κ3) is 4.42. The monoisotopic (exact) mass is 419 g/mol. The number of rotatable bonds is 3. The summed E-state index contributed by atoms with van der Waals surface area (Å²) in [5, 5.41) is 3.71. The summed E-state index contributed by atoms with van der Waals surface area (Å²) < 4.78 is 0. The molecule has 2 aromatic rings. The summed E-state index contributed by atoms with van der Waals surface area (Å²) in [4.78, 5) is 29.1. The van der Waals surface area contributed by atoms with Gasteiger partial charge in [-0.05, 0) is 37.6 Å². The van der Waals surface area contributed by atoms with Crippen molar-refractivity contribution in [2.45, 2.75) is 19.3 Å². The normalized spacial score (nSPS) is 14.7. The number of carbonyl (C=O) groups excluding carboxylic acids is 2. The van der Waals surface area contributed by atoms with E-state index in [0.717, 1.165) is 5.56 Å². The lowest BCUT2D eigenvalue weighted by atomic mass is 9.83. The van der Waals surface area contributed by atoms with E-state index < -0.39 is 5.41 Å². The molecule has 0 aromatic heterocycles. The van der Waals surface area contributed by atoms with E-state index in [0.29, 0.717) is 41.9 Å². The Balaban J connectivity index is 1.60. The molecule has 1 N–H and O–H groups in total. The van der Waals surface area contributed by atoms with E-state index in [4.69, 9.17) is 23.2 Å². The summed E-state index contributed by atoms with van der Waals surface area (Å²) in [6.45, 7) is 5.77. The molecule has 1 heterocycles. The van der Waals surface area contributed by atoms with Gasteiger partial charge in [0.1, 0.15) is 0 Å². The molecular weight excluding hydrogens is 397 g/mol. The SMILES string of the molecule is CC(C)(C(=O)N1CCN(C(=O)Nc2cc(Cl)ccc2Cl)CC1)c1ccccc1. The van der Waals surface area contributed by atoms with E-state index in [2.05, 4.69) is 5.32 Å². The van der Waals surface area contributed by atoms with Crippen molar-refractivity contribution in [3.05, 3.63) is 64.1 Å². The molecule has 3 amide bonds. The molecular formula is C21H23Cl2N3O2. The number of urea groups is 1. The predicted octanol–water partition coefficient (Wildman–Crippen LogP) is 4.65. The van der Waals surface area contributed by atoms with E-state index >= 15 is 0 Å². The number of benzene rings is 2. The van der Waals surface area contributed by atoms with Crippen LogP contribution in [0.1, 0.15) is 19.4 Å². The molecule has 1 aliphatic heterocycles. The van der Waals surface area contributed by atoms with E-state index in [1.54, 1.807) is 23.1 Å². The van der Waals surface area contributed by atoms with E-state index in [9.17, 15) is 9.59 Å². The maximum Gasteiger partial charge on any atom is 0.322 e. The van der Waals surface area contributed by atoms with Gasteiger partial charge in [-0.1, -0.05) is 53.5 Å². The van der Waals surface area contributed by atoms with Gasteiger partial charge in [-0.3, -0.25) is 4.79 Å². The van der Waals surface area contributed by atoms with Crippen LogP contribution in [0.5, 0.6) is 0 Å². The number of carbonyl (C=O) groups is 2. The van der Waals surface area contributed by atoms with Crippen LogP contribution in [0.4, 0.5) is 10.5 Å². The molecule has 0 atom stereocenters. The molecule has 2 aromatic carbocycles. The van der Waals surface area contributed by atoms with Crippen molar-refractivity contribution in [2.75, 3.05) is 31.5 Å². The van der Waals surface area contributed by atoms with Gasteiger partial charge in [0.15, 0.2) is 0 Å². The number of amides is 3. The first-order chi connectivity index (χ1) is 13.3. The first kappa shape index (κ1) is 20.5. The fourth-order valence-corrected chi connectivity index (χ4v) is 3.61. The van der Waals surface area contributed by atoms with Gasteiger partial charge in [0, 0.05) is 31.2 Å². The van der Waals surface area contributed by atoms with Gasteiger partial charge >= 0.3 is 6.03 Å². The molecule has 0 spiro atoms. The standard InChI is InChI=1S/C21H23Cl2N3O2/c1-21(2,15-6-4-3-5-7-15)19(27)25-10-12-26(13-11-25)20(28)24-18-14-16(22)8-9-17(18)23/h3-9,14H,10-13H2,1-2H3,(H,24,28). The lowest BCUT2D eigenvalue weighted by Crippen LogP contribution is -2.55. The van der Waals surface area contributed by atoms with Crippen LogP contribution >= 0.6 is 23.2 Å². The molecule has 0 bridgehead atoms. The number of nitrogens with zero attached hydrogens (tertiary/aromatic N) is 2. The molecule has 0 saturated carbocycles. The first-order valence-corrected chi connectivity index (χ1v) is 9.90. The van der Waals surface area contributed by atoms with E-state index in [-0.39, 0.29) is 11.9 Å². The van der Waals surface area contributed by atoms with Gasteiger partial charge in [0.05, 0.1) is 16.1 Å². The highest BCUT2D eigenvalue weighted by molar-refractivity contribution is 6.35. The molecule has 0 radical (unpaired) electrons. The second-order valence-corrected chi connectivity index (χ2v) is 8.17. The summed E-state index contributed by atoms with van der Waals surface area (Å²) in [7, 11) is 0. The van der Waals surface area contributed by atoms with Crippen LogP contribution in [0.3, 0.4) is 0 Å². The van der Waals surface area contributed by atoms with Gasteiger partial charge in [-0.2, -0.15) is 0 Å². The molecule has 0 unspecified atom stereocenters. The maximum atomic E-state index is 13.0. The summed E-state index contributed by atoms with van der Waals surface area (Å²) in [6, 6.07) is 14.4. The average molecular weight is 420 g/mol. The fourth-order valence-electron chi connectivity index (χ4n) is 3.27. The van der Waals surface area contributed by atoms with Crippen LogP contribution in [0, 0.1) is 0 Å². The zero-order chi connectivity index (χ0) is 20.3. The minimum absolute atomic E-state index is 0.0663. The predicted molar refractivity (Wildman–Crippen MR) is 113 cm³/mol.